The van der Waals surface area contributed by atoms with E-state index in [-0.39, 0.29) is 17.6 Å². The number of carbonyl (C=O) groups excluding carboxylic acids is 1. The molecule has 1 atom stereocenters. The molecule has 1 aliphatic heterocycles. The number of amides is 2. The minimum Gasteiger partial charge on any atom is -0.338 e. The topological polar surface area (TPSA) is 44.4 Å². The number of hydrogen-bond acceptors (Lipinski definition) is 2. The zero-order valence-electron chi connectivity index (χ0n) is 12.5. The quantitative estimate of drug-likeness (QED) is 0.812. The van der Waals surface area contributed by atoms with Crippen molar-refractivity contribution in [3.05, 3.63) is 0 Å². The summed E-state index contributed by atoms with van der Waals surface area (Å²) in [7, 11) is 0. The van der Waals surface area contributed by atoms with Crippen LogP contribution in [0.3, 0.4) is 0 Å². The molecule has 0 aromatic carbocycles. The van der Waals surface area contributed by atoms with Crippen molar-refractivity contribution in [3.63, 3.8) is 0 Å². The van der Waals surface area contributed by atoms with Crippen molar-refractivity contribution in [1.82, 2.24) is 15.5 Å². The predicted molar refractivity (Wildman–Crippen MR) is 75.7 cm³/mol. The van der Waals surface area contributed by atoms with Gasteiger partial charge in [-0.15, -0.1) is 0 Å². The third-order valence-electron chi connectivity index (χ3n) is 3.44. The van der Waals surface area contributed by atoms with Crippen LogP contribution < -0.4 is 10.6 Å². The van der Waals surface area contributed by atoms with Crippen molar-refractivity contribution in [3.8, 4) is 0 Å². The Morgan fingerprint density at radius 3 is 2.61 bits per heavy atom. The van der Waals surface area contributed by atoms with Gasteiger partial charge in [-0.3, -0.25) is 4.90 Å². The number of nitrogens with zero attached hydrogens (tertiary/aromatic N) is 1. The summed E-state index contributed by atoms with van der Waals surface area (Å²) >= 11 is 0. The van der Waals surface area contributed by atoms with Crippen LogP contribution in [0.4, 0.5) is 4.79 Å². The zero-order valence-corrected chi connectivity index (χ0v) is 12.5. The molecule has 1 aliphatic rings. The minimum atomic E-state index is -0.0436. The maximum atomic E-state index is 11.5. The van der Waals surface area contributed by atoms with E-state index in [9.17, 15) is 4.79 Å². The smallest absolute Gasteiger partial charge is 0.314 e. The summed E-state index contributed by atoms with van der Waals surface area (Å²) < 4.78 is 0. The van der Waals surface area contributed by atoms with Crippen LogP contribution in [-0.2, 0) is 0 Å². The molecular formula is C14H29N3O. The highest BCUT2D eigenvalue weighted by Crippen LogP contribution is 2.23. The number of likely N-dealkylation sites (tertiary alicyclic amines) is 1. The van der Waals surface area contributed by atoms with E-state index in [0.29, 0.717) is 5.92 Å². The molecule has 1 rings (SSSR count). The Hall–Kier alpha value is -0.770. The van der Waals surface area contributed by atoms with E-state index in [2.05, 4.69) is 36.3 Å². The summed E-state index contributed by atoms with van der Waals surface area (Å²) in [4.78, 5) is 14.1. The van der Waals surface area contributed by atoms with Gasteiger partial charge in [-0.2, -0.15) is 0 Å². The molecule has 1 heterocycles. The maximum Gasteiger partial charge on any atom is 0.314 e. The van der Waals surface area contributed by atoms with Gasteiger partial charge in [0.05, 0.1) is 0 Å². The first-order chi connectivity index (χ1) is 8.29. The maximum absolute atomic E-state index is 11.5. The van der Waals surface area contributed by atoms with E-state index in [1.54, 1.807) is 0 Å². The van der Waals surface area contributed by atoms with Crippen LogP contribution in [0.2, 0.25) is 0 Å². The van der Waals surface area contributed by atoms with Crippen LogP contribution in [0, 0.1) is 5.92 Å². The Kier molecular flexibility index (Phi) is 5.45. The van der Waals surface area contributed by atoms with E-state index in [0.717, 1.165) is 13.1 Å². The second kappa shape index (κ2) is 6.41. The second-order valence-corrected chi connectivity index (χ2v) is 6.63. The van der Waals surface area contributed by atoms with E-state index in [1.807, 2.05) is 13.8 Å². The highest BCUT2D eigenvalue weighted by molar-refractivity contribution is 5.74. The van der Waals surface area contributed by atoms with Gasteiger partial charge >= 0.3 is 6.03 Å². The van der Waals surface area contributed by atoms with Crippen molar-refractivity contribution < 1.29 is 4.79 Å². The first kappa shape index (κ1) is 15.3. The lowest BCUT2D eigenvalue weighted by atomic mass is 9.93. The Morgan fingerprint density at radius 1 is 1.39 bits per heavy atom. The van der Waals surface area contributed by atoms with Crippen molar-refractivity contribution in [1.29, 1.82) is 0 Å². The molecule has 18 heavy (non-hydrogen) atoms. The average molecular weight is 255 g/mol. The van der Waals surface area contributed by atoms with Gasteiger partial charge in [0.15, 0.2) is 0 Å². The van der Waals surface area contributed by atoms with Crippen LogP contribution in [0.15, 0.2) is 0 Å². The fourth-order valence-electron chi connectivity index (χ4n) is 2.39. The summed E-state index contributed by atoms with van der Waals surface area (Å²) in [6.07, 6.45) is 2.45. The molecule has 1 saturated heterocycles. The van der Waals surface area contributed by atoms with Crippen LogP contribution in [-0.4, -0.2) is 42.1 Å². The van der Waals surface area contributed by atoms with Gasteiger partial charge in [0, 0.05) is 24.7 Å². The zero-order chi connectivity index (χ0) is 13.8. The number of carbonyl (C=O) groups is 1. The number of rotatable bonds is 3. The second-order valence-electron chi connectivity index (χ2n) is 6.63. The molecular weight excluding hydrogens is 226 g/mol. The van der Waals surface area contributed by atoms with E-state index in [4.69, 9.17) is 0 Å². The molecule has 2 N–H and O–H groups in total. The standard InChI is InChI=1S/C14H29N3O/c1-11(2)16-13(18)15-9-12-7-6-8-17(10-12)14(3,4)5/h11-12H,6-10H2,1-5H3,(H2,15,16,18). The van der Waals surface area contributed by atoms with Gasteiger partial charge in [-0.1, -0.05) is 0 Å². The molecule has 0 aromatic heterocycles. The molecule has 0 bridgehead atoms. The van der Waals surface area contributed by atoms with Crippen LogP contribution in [0.5, 0.6) is 0 Å². The monoisotopic (exact) mass is 255 g/mol. The molecule has 106 valence electrons. The highest BCUT2D eigenvalue weighted by atomic mass is 16.2. The van der Waals surface area contributed by atoms with Crippen LogP contribution in [0.25, 0.3) is 0 Å². The van der Waals surface area contributed by atoms with Crippen molar-refractivity contribution in [2.45, 2.75) is 59.0 Å². The van der Waals surface area contributed by atoms with Crippen molar-refractivity contribution in [2.24, 2.45) is 5.92 Å². The summed E-state index contributed by atoms with van der Waals surface area (Å²) in [5, 5.41) is 5.84. The molecule has 0 aromatic rings. The van der Waals surface area contributed by atoms with E-state index >= 15 is 0 Å². The Labute approximate surface area is 111 Å². The molecule has 1 unspecified atom stereocenters. The summed E-state index contributed by atoms with van der Waals surface area (Å²) in [5.74, 6) is 0.580. The lowest BCUT2D eigenvalue weighted by molar-refractivity contribution is 0.0794. The Bertz CT molecular complexity index is 271. The Morgan fingerprint density at radius 2 is 2.06 bits per heavy atom. The number of urea groups is 1. The predicted octanol–water partition coefficient (Wildman–Crippen LogP) is 2.20. The molecule has 2 amide bonds. The average Bonchev–Trinajstić information content (AvgIpc) is 2.25. The lowest BCUT2D eigenvalue weighted by Gasteiger charge is -2.41. The van der Waals surface area contributed by atoms with Crippen molar-refractivity contribution in [2.75, 3.05) is 19.6 Å². The van der Waals surface area contributed by atoms with E-state index in [1.165, 1.54) is 19.4 Å². The fraction of sp³-hybridized carbons (Fsp3) is 0.929. The fourth-order valence-corrected chi connectivity index (χ4v) is 2.39. The number of nitrogens with one attached hydrogen (secondary N) is 2. The van der Waals surface area contributed by atoms with Gasteiger partial charge < -0.3 is 10.6 Å². The SMILES string of the molecule is CC(C)NC(=O)NCC1CCCN(C(C)(C)C)C1. The van der Waals surface area contributed by atoms with Crippen molar-refractivity contribution >= 4 is 6.03 Å². The molecule has 4 heteroatoms. The van der Waals surface area contributed by atoms with Gasteiger partial charge in [0.2, 0.25) is 0 Å². The molecule has 0 saturated carbocycles. The van der Waals surface area contributed by atoms with Crippen LogP contribution in [0.1, 0.15) is 47.5 Å². The van der Waals surface area contributed by atoms with Gasteiger partial charge in [0.1, 0.15) is 0 Å². The van der Waals surface area contributed by atoms with Crippen LogP contribution >= 0.6 is 0 Å². The lowest BCUT2D eigenvalue weighted by Crippen LogP contribution is -2.50. The summed E-state index contributed by atoms with van der Waals surface area (Å²) in [6.45, 7) is 13.8. The molecule has 0 radical (unpaired) electrons. The first-order valence-electron chi connectivity index (χ1n) is 7.08. The minimum absolute atomic E-state index is 0.0436. The van der Waals surface area contributed by atoms with Gasteiger partial charge in [0.25, 0.3) is 0 Å². The summed E-state index contributed by atoms with van der Waals surface area (Å²) in [6, 6.07) is 0.153. The normalized spacial score (nSPS) is 22.0. The largest absolute Gasteiger partial charge is 0.338 e. The Balaban J connectivity index is 2.32. The number of piperidine rings is 1. The first-order valence-corrected chi connectivity index (χ1v) is 7.08. The van der Waals surface area contributed by atoms with Gasteiger partial charge in [-0.25, -0.2) is 4.79 Å². The summed E-state index contributed by atoms with van der Waals surface area (Å²) in [5.41, 5.74) is 0.235. The highest BCUT2D eigenvalue weighted by Gasteiger charge is 2.27. The van der Waals surface area contributed by atoms with E-state index < -0.39 is 0 Å². The van der Waals surface area contributed by atoms with Gasteiger partial charge in [-0.05, 0) is 59.9 Å². The molecule has 4 nitrogen and oxygen atoms in total. The molecule has 0 spiro atoms. The third-order valence-corrected chi connectivity index (χ3v) is 3.44. The number of hydrogen-bond donors (Lipinski definition) is 2. The molecule has 0 aliphatic carbocycles. The third kappa shape index (κ3) is 5.25. The molecule has 1 fully saturated rings.